The van der Waals surface area contributed by atoms with Crippen molar-refractivity contribution in [2.24, 2.45) is 5.73 Å². The maximum atomic E-state index is 6.41. The van der Waals surface area contributed by atoms with Gasteiger partial charge >= 0.3 is 0 Å². The van der Waals surface area contributed by atoms with Crippen LogP contribution < -0.4 is 16.4 Å². The first-order valence-corrected chi connectivity index (χ1v) is 7.70. The Morgan fingerprint density at radius 2 is 2.17 bits per heavy atom. The first-order valence-electron chi connectivity index (χ1n) is 7.70. The molecule has 1 saturated heterocycles. The number of aromatic amines is 1. The van der Waals surface area contributed by atoms with Crippen LogP contribution in [0.5, 0.6) is 0 Å². The van der Waals surface area contributed by atoms with E-state index >= 15 is 0 Å². The second kappa shape index (κ2) is 5.60. The number of hydrogen-bond donors (Lipinski definition) is 4. The van der Waals surface area contributed by atoms with Gasteiger partial charge in [0.05, 0.1) is 0 Å². The molecule has 0 saturated carbocycles. The molecule has 1 fully saturated rings. The van der Waals surface area contributed by atoms with E-state index in [1.165, 1.54) is 6.33 Å². The summed E-state index contributed by atoms with van der Waals surface area (Å²) in [6.07, 6.45) is 9.84. The minimum absolute atomic E-state index is 0.206. The van der Waals surface area contributed by atoms with E-state index in [1.807, 2.05) is 12.3 Å². The molecule has 0 aliphatic carbocycles. The lowest BCUT2D eigenvalue weighted by molar-refractivity contribution is 0.494. The highest BCUT2D eigenvalue weighted by atomic mass is 15.0. The zero-order chi connectivity index (χ0) is 15.7. The molecule has 3 aromatic rings. The van der Waals surface area contributed by atoms with Crippen molar-refractivity contribution in [3.05, 3.63) is 37.2 Å². The molecule has 5 N–H and O–H groups in total. The van der Waals surface area contributed by atoms with Crippen molar-refractivity contribution in [1.29, 1.82) is 0 Å². The second-order valence-corrected chi connectivity index (χ2v) is 6.05. The largest absolute Gasteiger partial charge is 0.382 e. The van der Waals surface area contributed by atoms with Crippen LogP contribution in [-0.2, 0) is 0 Å². The van der Waals surface area contributed by atoms with Crippen LogP contribution in [0.25, 0.3) is 22.2 Å². The van der Waals surface area contributed by atoms with E-state index in [1.54, 1.807) is 18.6 Å². The molecule has 1 aliphatic rings. The molecule has 1 aliphatic heterocycles. The number of rotatable bonds is 4. The molecule has 0 amide bonds. The normalized spacial score (nSPS) is 20.9. The smallest absolute Gasteiger partial charge is 0.139 e. The van der Waals surface area contributed by atoms with Crippen molar-refractivity contribution in [2.75, 3.05) is 25.0 Å². The summed E-state index contributed by atoms with van der Waals surface area (Å²) in [6.45, 7) is 2.52. The summed E-state index contributed by atoms with van der Waals surface area (Å²) < 4.78 is 0. The summed E-state index contributed by atoms with van der Waals surface area (Å²) in [4.78, 5) is 15.8. The topological polar surface area (TPSA) is 105 Å². The van der Waals surface area contributed by atoms with Gasteiger partial charge in [-0.05, 0) is 19.0 Å². The Hall–Kier alpha value is -2.51. The molecule has 7 nitrogen and oxygen atoms in total. The van der Waals surface area contributed by atoms with Gasteiger partial charge in [-0.1, -0.05) is 0 Å². The predicted molar refractivity (Wildman–Crippen MR) is 90.0 cm³/mol. The Kier molecular flexibility index (Phi) is 3.44. The molecule has 3 aromatic heterocycles. The number of H-pyrrole nitrogens is 1. The van der Waals surface area contributed by atoms with Crippen LogP contribution in [-0.4, -0.2) is 45.1 Å². The van der Waals surface area contributed by atoms with Gasteiger partial charge in [0.1, 0.15) is 12.0 Å². The molecular weight excluding hydrogens is 290 g/mol. The highest BCUT2D eigenvalue weighted by Gasteiger charge is 2.29. The van der Waals surface area contributed by atoms with Gasteiger partial charge in [-0.2, -0.15) is 0 Å². The molecule has 0 unspecified atom stereocenters. The van der Waals surface area contributed by atoms with Gasteiger partial charge < -0.3 is 21.4 Å². The van der Waals surface area contributed by atoms with E-state index in [0.29, 0.717) is 0 Å². The fraction of sp³-hybridized carbons (Fsp3) is 0.312. The Bertz CT molecular complexity index is 806. The first-order chi connectivity index (χ1) is 11.3. The lowest BCUT2D eigenvalue weighted by Gasteiger charge is -2.24. The quantitative estimate of drug-likeness (QED) is 0.576. The van der Waals surface area contributed by atoms with Crippen LogP contribution in [0.15, 0.2) is 37.2 Å². The SMILES string of the molecule is N[C@@]1(CNc2ccnc3[nH]cc(-c4cncnc4)c23)CCNC1. The third-order valence-electron chi connectivity index (χ3n) is 4.35. The highest BCUT2D eigenvalue weighted by molar-refractivity contribution is 6.02. The third kappa shape index (κ3) is 2.64. The van der Waals surface area contributed by atoms with Crippen LogP contribution in [0.1, 0.15) is 6.42 Å². The average Bonchev–Trinajstić information content (AvgIpc) is 3.21. The number of nitrogens with zero attached hydrogens (tertiary/aromatic N) is 3. The van der Waals surface area contributed by atoms with Crippen LogP contribution in [0.3, 0.4) is 0 Å². The number of hydrogen-bond acceptors (Lipinski definition) is 6. The molecule has 118 valence electrons. The molecule has 0 aromatic carbocycles. The van der Waals surface area contributed by atoms with Crippen molar-refractivity contribution >= 4 is 16.7 Å². The van der Waals surface area contributed by atoms with Gasteiger partial charge in [-0.25, -0.2) is 15.0 Å². The standard InChI is InChI=1S/C16H19N7/c17-16(2-4-18-8-16)9-23-13-1-3-21-15-14(13)12(7-22-15)11-5-19-10-20-6-11/h1,3,5-7,10,18H,2,4,8-9,17H2,(H2,21,22,23)/t16-/m0/s1. The Morgan fingerprint density at radius 1 is 1.30 bits per heavy atom. The monoisotopic (exact) mass is 309 g/mol. The fourth-order valence-electron chi connectivity index (χ4n) is 3.05. The lowest BCUT2D eigenvalue weighted by Crippen LogP contribution is -2.48. The van der Waals surface area contributed by atoms with E-state index in [4.69, 9.17) is 5.73 Å². The average molecular weight is 309 g/mol. The maximum absolute atomic E-state index is 6.41. The summed E-state index contributed by atoms with van der Waals surface area (Å²) in [7, 11) is 0. The highest BCUT2D eigenvalue weighted by Crippen LogP contribution is 2.32. The predicted octanol–water partition coefficient (Wildman–Crippen LogP) is 1.12. The van der Waals surface area contributed by atoms with Crippen molar-refractivity contribution < 1.29 is 0 Å². The van der Waals surface area contributed by atoms with E-state index < -0.39 is 0 Å². The lowest BCUT2D eigenvalue weighted by atomic mass is 10.00. The minimum atomic E-state index is -0.206. The molecule has 4 rings (SSSR count). The van der Waals surface area contributed by atoms with Crippen molar-refractivity contribution in [3.8, 4) is 11.1 Å². The molecule has 7 heteroatoms. The van der Waals surface area contributed by atoms with Crippen LogP contribution in [0.2, 0.25) is 0 Å². The maximum Gasteiger partial charge on any atom is 0.139 e. The van der Waals surface area contributed by atoms with E-state index in [0.717, 1.165) is 53.9 Å². The molecular formula is C16H19N7. The zero-order valence-corrected chi connectivity index (χ0v) is 12.7. The second-order valence-electron chi connectivity index (χ2n) is 6.05. The van der Waals surface area contributed by atoms with Crippen molar-refractivity contribution in [2.45, 2.75) is 12.0 Å². The van der Waals surface area contributed by atoms with Gasteiger partial charge in [0, 0.05) is 65.6 Å². The number of fused-ring (bicyclic) bond motifs is 1. The van der Waals surface area contributed by atoms with Crippen molar-refractivity contribution in [3.63, 3.8) is 0 Å². The number of nitrogens with one attached hydrogen (secondary N) is 3. The Balaban J connectivity index is 1.70. The molecule has 0 spiro atoms. The zero-order valence-electron chi connectivity index (χ0n) is 12.7. The number of pyridine rings is 1. The summed E-state index contributed by atoms with van der Waals surface area (Å²) in [5.74, 6) is 0. The van der Waals surface area contributed by atoms with Gasteiger partial charge in [-0.15, -0.1) is 0 Å². The summed E-state index contributed by atoms with van der Waals surface area (Å²) in [6, 6.07) is 1.98. The first kappa shape index (κ1) is 14.1. The molecule has 1 atom stereocenters. The minimum Gasteiger partial charge on any atom is -0.382 e. The fourth-order valence-corrected chi connectivity index (χ4v) is 3.05. The molecule has 0 bridgehead atoms. The van der Waals surface area contributed by atoms with Gasteiger partial charge in [0.2, 0.25) is 0 Å². The molecule has 0 radical (unpaired) electrons. The van der Waals surface area contributed by atoms with Crippen LogP contribution in [0.4, 0.5) is 5.69 Å². The Labute approximate surface area is 133 Å². The number of anilines is 1. The van der Waals surface area contributed by atoms with Gasteiger partial charge in [0.25, 0.3) is 0 Å². The van der Waals surface area contributed by atoms with Gasteiger partial charge in [-0.3, -0.25) is 0 Å². The van der Waals surface area contributed by atoms with Crippen LogP contribution >= 0.6 is 0 Å². The summed E-state index contributed by atoms with van der Waals surface area (Å²) >= 11 is 0. The number of aromatic nitrogens is 4. The number of nitrogens with two attached hydrogens (primary N) is 1. The third-order valence-corrected chi connectivity index (χ3v) is 4.35. The summed E-state index contributed by atoms with van der Waals surface area (Å²) in [5, 5.41) is 7.86. The molecule has 23 heavy (non-hydrogen) atoms. The summed E-state index contributed by atoms with van der Waals surface area (Å²) in [5.41, 5.74) is 10.1. The molecule has 4 heterocycles. The van der Waals surface area contributed by atoms with Crippen molar-refractivity contribution in [1.82, 2.24) is 25.3 Å². The Morgan fingerprint density at radius 3 is 2.96 bits per heavy atom. The van der Waals surface area contributed by atoms with E-state index in [-0.39, 0.29) is 5.54 Å². The van der Waals surface area contributed by atoms with Gasteiger partial charge in [0.15, 0.2) is 0 Å². The van der Waals surface area contributed by atoms with E-state index in [9.17, 15) is 0 Å². The van der Waals surface area contributed by atoms with E-state index in [2.05, 4.69) is 30.6 Å². The van der Waals surface area contributed by atoms with Crippen LogP contribution in [0, 0.1) is 0 Å².